The quantitative estimate of drug-likeness (QED) is 0.116. The van der Waals surface area contributed by atoms with Crippen LogP contribution in [0, 0.1) is 0 Å². The average Bonchev–Trinajstić information content (AvgIpc) is 3.28. The van der Waals surface area contributed by atoms with Crippen molar-refractivity contribution in [1.82, 2.24) is 0 Å². The van der Waals surface area contributed by atoms with Gasteiger partial charge in [-0.2, -0.15) is 0 Å². The molecule has 0 radical (unpaired) electrons. The van der Waals surface area contributed by atoms with Crippen molar-refractivity contribution < 1.29 is 0 Å². The number of allylic oxidation sites excluding steroid dienone is 4. The van der Waals surface area contributed by atoms with Crippen LogP contribution in [0.15, 0.2) is 249 Å². The molecule has 0 aromatic heterocycles. The average molecular weight is 719 g/mol. The summed E-state index contributed by atoms with van der Waals surface area (Å²) in [6.07, 6.45) is 9.88. The summed E-state index contributed by atoms with van der Waals surface area (Å²) in [5.74, 6) is 0. The van der Waals surface area contributed by atoms with Gasteiger partial charge in [-0.15, -0.1) is 0 Å². The molecule has 56 heavy (non-hydrogen) atoms. The summed E-state index contributed by atoms with van der Waals surface area (Å²) in [6, 6.07) is 75.6. The molecule has 2 heteroatoms. The Morgan fingerprint density at radius 1 is 0.304 bits per heavy atom. The molecule has 2 nitrogen and oxygen atoms in total. The molecule has 268 valence electrons. The van der Waals surface area contributed by atoms with Crippen LogP contribution in [0.1, 0.15) is 0 Å². The number of nitrogens with zero attached hydrogens (tertiary/aromatic N) is 2. The second-order valence-electron chi connectivity index (χ2n) is 13.5. The Bertz CT molecular complexity index is 2570. The van der Waals surface area contributed by atoms with E-state index in [0.717, 1.165) is 39.6 Å². The van der Waals surface area contributed by atoms with Crippen LogP contribution in [-0.4, -0.2) is 0 Å². The van der Waals surface area contributed by atoms with E-state index < -0.39 is 0 Å². The Balaban J connectivity index is 1.15. The van der Waals surface area contributed by atoms with Crippen LogP contribution in [0.4, 0.5) is 28.4 Å². The van der Waals surface area contributed by atoms with Gasteiger partial charge in [-0.05, 0) is 111 Å². The van der Waals surface area contributed by atoms with E-state index in [1.807, 2.05) is 18.2 Å². The van der Waals surface area contributed by atoms with E-state index >= 15 is 0 Å². The molecule has 0 aliphatic carbocycles. The van der Waals surface area contributed by atoms with Crippen LogP contribution in [0.3, 0.4) is 0 Å². The minimum absolute atomic E-state index is 1.07. The van der Waals surface area contributed by atoms with Crippen molar-refractivity contribution in [3.63, 3.8) is 0 Å². The Kier molecular flexibility index (Phi) is 10.9. The largest absolute Gasteiger partial charge is 0.317 e. The lowest BCUT2D eigenvalue weighted by atomic mass is 9.93. The molecular weight excluding hydrogens is 677 g/mol. The van der Waals surface area contributed by atoms with Crippen LogP contribution < -0.4 is 9.80 Å². The topological polar surface area (TPSA) is 6.48 Å². The second kappa shape index (κ2) is 17.2. The first-order chi connectivity index (χ1) is 27.7. The van der Waals surface area contributed by atoms with Crippen LogP contribution in [0.5, 0.6) is 0 Å². The molecule has 8 aromatic carbocycles. The van der Waals surface area contributed by atoms with E-state index in [9.17, 15) is 0 Å². The Morgan fingerprint density at radius 3 is 1.27 bits per heavy atom. The number of para-hydroxylation sites is 1. The lowest BCUT2D eigenvalue weighted by molar-refractivity contribution is 1.28. The molecule has 0 atom stereocenters. The first-order valence-corrected chi connectivity index (χ1v) is 19.0. The van der Waals surface area contributed by atoms with Crippen LogP contribution >= 0.6 is 0 Å². The van der Waals surface area contributed by atoms with Gasteiger partial charge < -0.3 is 9.80 Å². The molecule has 0 bridgehead atoms. The third kappa shape index (κ3) is 8.06. The molecule has 0 N–H and O–H groups in total. The maximum Gasteiger partial charge on any atom is 0.0467 e. The van der Waals surface area contributed by atoms with Gasteiger partial charge in [0, 0.05) is 34.6 Å². The smallest absolute Gasteiger partial charge is 0.0467 e. The number of hydrogen-bond acceptors (Lipinski definition) is 2. The van der Waals surface area contributed by atoms with Gasteiger partial charge in [0.15, 0.2) is 0 Å². The standard InChI is InChI=1S/C54H42N2/c1-2-3-4-16-39-55(48-35-31-44(32-36-48)42-19-8-5-9-20-42)51-27-17-23-46(40-51)53-29-14-15-30-54(53)47-24-18-28-52(41-47)56(49-25-12-7-13-26-49)50-37-33-45(34-38-50)43-21-10-6-11-22-43/h2-41H,1H2/b4-3-,39-16+. The fourth-order valence-corrected chi connectivity index (χ4v) is 7.12. The van der Waals surface area contributed by atoms with Gasteiger partial charge in [-0.1, -0.05) is 176 Å². The van der Waals surface area contributed by atoms with Crippen molar-refractivity contribution in [1.29, 1.82) is 0 Å². The summed E-state index contributed by atoms with van der Waals surface area (Å²) in [4.78, 5) is 4.56. The summed E-state index contributed by atoms with van der Waals surface area (Å²) >= 11 is 0. The van der Waals surface area contributed by atoms with Gasteiger partial charge in [-0.25, -0.2) is 0 Å². The number of rotatable bonds is 12. The zero-order chi connectivity index (χ0) is 37.9. The van der Waals surface area contributed by atoms with Crippen molar-refractivity contribution in [2.75, 3.05) is 9.80 Å². The summed E-state index contributed by atoms with van der Waals surface area (Å²) in [7, 11) is 0. The highest BCUT2D eigenvalue weighted by Crippen LogP contribution is 2.40. The summed E-state index contributed by atoms with van der Waals surface area (Å²) in [6.45, 7) is 3.83. The van der Waals surface area contributed by atoms with E-state index in [2.05, 4.69) is 235 Å². The first kappa shape index (κ1) is 35.6. The van der Waals surface area contributed by atoms with Gasteiger partial charge in [0.2, 0.25) is 0 Å². The third-order valence-electron chi connectivity index (χ3n) is 9.87. The molecule has 0 fully saturated rings. The highest BCUT2D eigenvalue weighted by atomic mass is 15.1. The fourth-order valence-electron chi connectivity index (χ4n) is 7.12. The van der Waals surface area contributed by atoms with E-state index in [-0.39, 0.29) is 0 Å². The van der Waals surface area contributed by atoms with Crippen LogP contribution in [-0.2, 0) is 0 Å². The molecule has 0 aliphatic heterocycles. The summed E-state index contributed by atoms with van der Waals surface area (Å²) in [5.41, 5.74) is 14.8. The van der Waals surface area contributed by atoms with E-state index in [1.165, 1.54) is 33.4 Å². The zero-order valence-electron chi connectivity index (χ0n) is 31.2. The summed E-state index contributed by atoms with van der Waals surface area (Å²) < 4.78 is 0. The fraction of sp³-hybridized carbons (Fsp3) is 0. The molecule has 0 saturated carbocycles. The number of benzene rings is 8. The van der Waals surface area contributed by atoms with E-state index in [4.69, 9.17) is 0 Å². The van der Waals surface area contributed by atoms with Gasteiger partial charge in [-0.3, -0.25) is 0 Å². The van der Waals surface area contributed by atoms with Gasteiger partial charge in [0.25, 0.3) is 0 Å². The first-order valence-electron chi connectivity index (χ1n) is 19.0. The molecule has 0 heterocycles. The molecule has 8 aromatic rings. The molecule has 0 amide bonds. The maximum atomic E-state index is 3.83. The minimum atomic E-state index is 1.07. The van der Waals surface area contributed by atoms with Crippen LogP contribution in [0.25, 0.3) is 44.5 Å². The number of hydrogen-bond donors (Lipinski definition) is 0. The molecule has 8 rings (SSSR count). The minimum Gasteiger partial charge on any atom is -0.317 e. The van der Waals surface area contributed by atoms with Crippen molar-refractivity contribution in [3.8, 4) is 44.5 Å². The zero-order valence-corrected chi connectivity index (χ0v) is 31.2. The van der Waals surface area contributed by atoms with Gasteiger partial charge >= 0.3 is 0 Å². The summed E-state index contributed by atoms with van der Waals surface area (Å²) in [5, 5.41) is 0. The normalized spacial score (nSPS) is 11.1. The maximum absolute atomic E-state index is 3.83. The highest BCUT2D eigenvalue weighted by molar-refractivity contribution is 5.88. The molecule has 0 unspecified atom stereocenters. The molecule has 0 saturated heterocycles. The molecular formula is C54H42N2. The Labute approximate surface area is 330 Å². The number of anilines is 5. The predicted octanol–water partition coefficient (Wildman–Crippen LogP) is 15.2. The van der Waals surface area contributed by atoms with Crippen molar-refractivity contribution in [3.05, 3.63) is 249 Å². The van der Waals surface area contributed by atoms with E-state index in [0.29, 0.717) is 0 Å². The van der Waals surface area contributed by atoms with Crippen molar-refractivity contribution in [2.45, 2.75) is 0 Å². The Morgan fingerprint density at radius 2 is 0.714 bits per heavy atom. The third-order valence-corrected chi connectivity index (χ3v) is 9.87. The van der Waals surface area contributed by atoms with Gasteiger partial charge in [0.05, 0.1) is 0 Å². The Hall–Kier alpha value is -7.42. The monoisotopic (exact) mass is 718 g/mol. The SMILES string of the molecule is C=C/C=C\C=C\N(c1ccc(-c2ccccc2)cc1)c1cccc(-c2ccccc2-c2cccc(N(c3ccccc3)c3ccc(-c4ccccc4)cc3)c2)c1. The lowest BCUT2D eigenvalue weighted by Crippen LogP contribution is -2.09. The van der Waals surface area contributed by atoms with Gasteiger partial charge in [0.1, 0.15) is 0 Å². The van der Waals surface area contributed by atoms with Crippen LogP contribution in [0.2, 0.25) is 0 Å². The van der Waals surface area contributed by atoms with Crippen molar-refractivity contribution in [2.24, 2.45) is 0 Å². The highest BCUT2D eigenvalue weighted by Gasteiger charge is 2.16. The second-order valence-corrected chi connectivity index (χ2v) is 13.5. The lowest BCUT2D eigenvalue weighted by Gasteiger charge is -2.26. The molecule has 0 aliphatic rings. The predicted molar refractivity (Wildman–Crippen MR) is 240 cm³/mol. The molecule has 0 spiro atoms. The van der Waals surface area contributed by atoms with E-state index in [1.54, 1.807) is 6.08 Å². The van der Waals surface area contributed by atoms with Crippen molar-refractivity contribution >= 4 is 28.4 Å².